The molecule has 104 valence electrons. The Labute approximate surface area is 184 Å². The molecule has 0 rings (SSSR count). The molecule has 0 aromatic carbocycles. The first-order valence-electron chi connectivity index (χ1n) is 4.13. The molecule has 0 aliphatic carbocycles. The van der Waals surface area contributed by atoms with E-state index in [-0.39, 0.29) is 88.7 Å². The average Bonchev–Trinajstić information content (AvgIpc) is 1.95. The smallest absolute Gasteiger partial charge is 0.748 e. The normalized spacial score (nSPS) is 13.3. The van der Waals surface area contributed by atoms with E-state index in [4.69, 9.17) is 0 Å². The molecule has 0 saturated carbocycles. The van der Waals surface area contributed by atoms with Gasteiger partial charge in [0.1, 0.15) is 0 Å². The fraction of sp³-hybridized carbons (Fsp3) is 1.00. The Hall–Kier alpha value is 2.73. The van der Waals surface area contributed by atoms with Crippen LogP contribution in [0.5, 0.6) is 0 Å². The molecule has 0 fully saturated rings. The summed E-state index contributed by atoms with van der Waals surface area (Å²) < 4.78 is 93.2. The van der Waals surface area contributed by atoms with Crippen molar-refractivity contribution in [3.63, 3.8) is 0 Å². The second kappa shape index (κ2) is 12.1. The molecule has 9 nitrogen and oxygen atoms in total. The monoisotopic (exact) mass is 378 g/mol. The van der Waals surface area contributed by atoms with E-state index < -0.39 is 60.0 Å². The van der Waals surface area contributed by atoms with Gasteiger partial charge in [-0.05, 0) is 12.8 Å². The van der Waals surface area contributed by atoms with Crippen molar-refractivity contribution in [3.05, 3.63) is 0 Å². The van der Waals surface area contributed by atoms with Crippen molar-refractivity contribution < 1.29 is 128 Å². The summed E-state index contributed by atoms with van der Waals surface area (Å²) in [4.78, 5) is 0. The van der Waals surface area contributed by atoms with E-state index in [0.29, 0.717) is 0 Å². The summed E-state index contributed by atoms with van der Waals surface area (Å²) >= 11 is 0. The minimum absolute atomic E-state index is 0. The van der Waals surface area contributed by atoms with Crippen LogP contribution in [0.4, 0.5) is 0 Å². The third-order valence-corrected chi connectivity index (χ3v) is 4.75. The Morgan fingerprint density at radius 1 is 0.750 bits per heavy atom. The number of rotatable bonds is 7. The van der Waals surface area contributed by atoms with Gasteiger partial charge in [-0.2, -0.15) is 0 Å². The molecule has 0 bridgehead atoms. The topological polar surface area (TPSA) is 172 Å². The van der Waals surface area contributed by atoms with Crippen LogP contribution in [0.1, 0.15) is 12.8 Å². The summed E-state index contributed by atoms with van der Waals surface area (Å²) in [7, 11) is -14.6. The molecule has 1 unspecified atom stereocenters. The van der Waals surface area contributed by atoms with E-state index in [0.717, 1.165) is 0 Å². The van der Waals surface area contributed by atoms with Crippen LogP contribution < -0.4 is 88.7 Å². The van der Waals surface area contributed by atoms with Gasteiger partial charge in [-0.15, -0.1) is 0 Å². The fourth-order valence-electron chi connectivity index (χ4n) is 1.03. The first-order valence-corrected chi connectivity index (χ1v) is 8.76. The zero-order chi connectivity index (χ0) is 13.9. The minimum Gasteiger partial charge on any atom is -0.748 e. The van der Waals surface area contributed by atoms with Crippen LogP contribution in [-0.4, -0.2) is 55.7 Å². The molecular formula is C5H9Na3O9S3. The van der Waals surface area contributed by atoms with Gasteiger partial charge >= 0.3 is 88.7 Å². The van der Waals surface area contributed by atoms with E-state index in [1.807, 2.05) is 0 Å². The van der Waals surface area contributed by atoms with Crippen LogP contribution in [-0.2, 0) is 30.4 Å². The summed E-state index contributed by atoms with van der Waals surface area (Å²) in [5.41, 5.74) is 0. The molecule has 0 amide bonds. The van der Waals surface area contributed by atoms with Crippen molar-refractivity contribution in [2.24, 2.45) is 0 Å². The summed E-state index contributed by atoms with van der Waals surface area (Å²) in [6, 6.07) is 0. The van der Waals surface area contributed by atoms with Gasteiger partial charge in [-0.1, -0.05) is 0 Å². The van der Waals surface area contributed by atoms with Crippen molar-refractivity contribution in [2.75, 3.05) is 11.5 Å². The fourth-order valence-corrected chi connectivity index (χ4v) is 3.79. The largest absolute Gasteiger partial charge is 1.00 e. The molecule has 0 radical (unpaired) electrons. The van der Waals surface area contributed by atoms with Gasteiger partial charge in [0.15, 0.2) is 0 Å². The van der Waals surface area contributed by atoms with Gasteiger partial charge in [0.05, 0.1) is 41.4 Å². The first-order chi connectivity index (χ1) is 7.31. The second-order valence-corrected chi connectivity index (χ2v) is 7.87. The first kappa shape index (κ1) is 30.6. The van der Waals surface area contributed by atoms with Crippen molar-refractivity contribution in [1.82, 2.24) is 0 Å². The maximum atomic E-state index is 10.6. The van der Waals surface area contributed by atoms with Crippen LogP contribution >= 0.6 is 0 Å². The van der Waals surface area contributed by atoms with Crippen LogP contribution in [0.3, 0.4) is 0 Å². The Kier molecular flexibility index (Phi) is 18.6. The molecule has 1 atom stereocenters. The summed E-state index contributed by atoms with van der Waals surface area (Å²) in [6.07, 6.45) is -1.18. The van der Waals surface area contributed by atoms with Crippen LogP contribution in [0.25, 0.3) is 0 Å². The maximum Gasteiger partial charge on any atom is 1.00 e. The molecule has 0 aliphatic heterocycles. The van der Waals surface area contributed by atoms with Crippen molar-refractivity contribution >= 4 is 30.4 Å². The zero-order valence-corrected chi connectivity index (χ0v) is 19.8. The molecular weight excluding hydrogens is 369 g/mol. The quantitative estimate of drug-likeness (QED) is 0.308. The third kappa shape index (κ3) is 18.8. The molecule has 15 heteroatoms. The molecule has 0 aliphatic rings. The SMILES string of the molecule is O=S(=O)([O-])CCCC(CS(=O)(=O)[O-])S(=O)(=O)[O-].[Na+].[Na+].[Na+]. The zero-order valence-electron chi connectivity index (χ0n) is 11.3. The number of hydrogen-bond acceptors (Lipinski definition) is 9. The van der Waals surface area contributed by atoms with Gasteiger partial charge in [0, 0.05) is 5.75 Å². The summed E-state index contributed by atoms with van der Waals surface area (Å²) in [5.74, 6) is -2.37. The summed E-state index contributed by atoms with van der Waals surface area (Å²) in [5, 5.41) is -2.04. The third-order valence-electron chi connectivity index (χ3n) is 1.72. The van der Waals surface area contributed by atoms with E-state index in [1.165, 1.54) is 0 Å². The predicted octanol–water partition coefficient (Wildman–Crippen LogP) is -11.2. The Morgan fingerprint density at radius 2 is 1.15 bits per heavy atom. The molecule has 0 saturated heterocycles. The van der Waals surface area contributed by atoms with Crippen LogP contribution in [0, 0.1) is 0 Å². The van der Waals surface area contributed by atoms with Gasteiger partial charge < -0.3 is 13.7 Å². The molecule has 0 heterocycles. The molecule has 0 aromatic rings. The maximum absolute atomic E-state index is 10.6. The van der Waals surface area contributed by atoms with E-state index >= 15 is 0 Å². The predicted molar refractivity (Wildman–Crippen MR) is 51.8 cm³/mol. The van der Waals surface area contributed by atoms with Gasteiger partial charge in [0.2, 0.25) is 0 Å². The van der Waals surface area contributed by atoms with E-state index in [9.17, 15) is 38.9 Å². The van der Waals surface area contributed by atoms with Crippen molar-refractivity contribution in [1.29, 1.82) is 0 Å². The van der Waals surface area contributed by atoms with Gasteiger partial charge in [-0.25, -0.2) is 25.3 Å². The standard InChI is InChI=1S/C5H12O9S3.3Na/c6-15(7,8)3-1-2-5(17(12,13)14)4-16(9,10)11;;;/h5H,1-4H2,(H,6,7,8)(H,9,10,11)(H,12,13,14);;;/q;3*+1/p-3. The van der Waals surface area contributed by atoms with Gasteiger partial charge in [-0.3, -0.25) is 0 Å². The average molecular weight is 378 g/mol. The molecule has 0 spiro atoms. The summed E-state index contributed by atoms with van der Waals surface area (Å²) in [6.45, 7) is 0. The molecule has 0 N–H and O–H groups in total. The molecule has 20 heavy (non-hydrogen) atoms. The van der Waals surface area contributed by atoms with Crippen LogP contribution in [0.2, 0.25) is 0 Å². The van der Waals surface area contributed by atoms with E-state index in [2.05, 4.69) is 0 Å². The Morgan fingerprint density at radius 3 is 1.40 bits per heavy atom. The van der Waals surface area contributed by atoms with Crippen molar-refractivity contribution in [2.45, 2.75) is 18.1 Å². The van der Waals surface area contributed by atoms with Crippen molar-refractivity contribution in [3.8, 4) is 0 Å². The second-order valence-electron chi connectivity index (χ2n) is 3.24. The minimum atomic E-state index is -5.04. The molecule has 0 aromatic heterocycles. The Bertz CT molecular complexity index is 552. The van der Waals surface area contributed by atoms with E-state index in [1.54, 1.807) is 0 Å². The van der Waals surface area contributed by atoms with Crippen LogP contribution in [0.15, 0.2) is 0 Å². The Balaban J connectivity index is -0.000000427. The number of hydrogen-bond donors (Lipinski definition) is 0. The van der Waals surface area contributed by atoms with Gasteiger partial charge in [0.25, 0.3) is 0 Å².